The maximum absolute atomic E-state index is 6.88. The topological polar surface area (TPSA) is 9.23 Å². The lowest BCUT2D eigenvalue weighted by molar-refractivity contribution is 0.448. The maximum Gasteiger partial charge on any atom is 0.135 e. The third-order valence-corrected chi connectivity index (χ3v) is 6.76. The fraction of sp³-hybridized carbons (Fsp3) is 0.200. The van der Waals surface area contributed by atoms with Crippen molar-refractivity contribution in [2.75, 3.05) is 0 Å². The molecule has 0 heterocycles. The minimum absolute atomic E-state index is 0.0000537. The van der Waals surface area contributed by atoms with E-state index in [2.05, 4.69) is 99.6 Å². The van der Waals surface area contributed by atoms with Crippen molar-refractivity contribution >= 4 is 0 Å². The van der Waals surface area contributed by atoms with Gasteiger partial charge in [-0.05, 0) is 44.9 Å². The third-order valence-electron chi connectivity index (χ3n) is 6.76. The van der Waals surface area contributed by atoms with Crippen LogP contribution in [0.1, 0.15) is 48.6 Å². The summed E-state index contributed by atoms with van der Waals surface area (Å²) in [6.45, 7) is 6.82. The Balaban J connectivity index is 1.51. The molecule has 0 spiro atoms. The van der Waals surface area contributed by atoms with E-state index in [0.29, 0.717) is 0 Å². The van der Waals surface area contributed by atoms with E-state index in [-0.39, 0.29) is 5.41 Å². The van der Waals surface area contributed by atoms with Crippen LogP contribution in [-0.2, 0) is 18.3 Å². The molecular weight excluding hydrogens is 376 g/mol. The van der Waals surface area contributed by atoms with Crippen LogP contribution in [0, 0.1) is 0 Å². The Morgan fingerprint density at radius 1 is 0.581 bits per heavy atom. The van der Waals surface area contributed by atoms with Crippen LogP contribution < -0.4 is 4.74 Å². The van der Waals surface area contributed by atoms with E-state index in [0.717, 1.165) is 24.3 Å². The Kier molecular flexibility index (Phi) is 3.92. The summed E-state index contributed by atoms with van der Waals surface area (Å²) in [6, 6.07) is 28.5. The predicted octanol–water partition coefficient (Wildman–Crippen LogP) is 7.92. The van der Waals surface area contributed by atoms with Gasteiger partial charge in [0.05, 0.1) is 0 Å². The van der Waals surface area contributed by atoms with Crippen molar-refractivity contribution in [3.8, 4) is 33.8 Å². The fourth-order valence-electron chi connectivity index (χ4n) is 5.22. The van der Waals surface area contributed by atoms with Crippen molar-refractivity contribution in [2.24, 2.45) is 0 Å². The number of fused-ring (bicyclic) bond motifs is 6. The van der Waals surface area contributed by atoms with E-state index in [4.69, 9.17) is 4.74 Å². The SMILES string of the molecule is CC(C)(C)c1ccc2c(c1Oc1cccc3c1Cc1ccccc1-3)Cc1ccccc1-2. The standard InChI is InChI=1S/C30H26O/c1-30(2,3)27-16-15-24-22-12-7-5-10-20(22)18-26(24)29(27)31-28-14-8-13-23-21-11-6-4-9-19(21)17-25(23)28/h4-16H,17-18H2,1-3H3. The minimum atomic E-state index is 0.0000537. The highest BCUT2D eigenvalue weighted by atomic mass is 16.5. The molecule has 31 heavy (non-hydrogen) atoms. The van der Waals surface area contributed by atoms with E-state index >= 15 is 0 Å². The van der Waals surface area contributed by atoms with Gasteiger partial charge in [-0.15, -0.1) is 0 Å². The molecule has 0 radical (unpaired) electrons. The predicted molar refractivity (Wildman–Crippen MR) is 128 cm³/mol. The molecule has 1 nitrogen and oxygen atoms in total. The molecule has 2 aliphatic rings. The van der Waals surface area contributed by atoms with Crippen LogP contribution in [-0.4, -0.2) is 0 Å². The zero-order valence-corrected chi connectivity index (χ0v) is 18.3. The van der Waals surface area contributed by atoms with Gasteiger partial charge in [-0.25, -0.2) is 0 Å². The summed E-state index contributed by atoms with van der Waals surface area (Å²) in [5.41, 5.74) is 12.0. The molecule has 0 bridgehead atoms. The summed E-state index contributed by atoms with van der Waals surface area (Å²) >= 11 is 0. The van der Waals surface area contributed by atoms with Crippen molar-refractivity contribution in [3.05, 3.63) is 107 Å². The smallest absolute Gasteiger partial charge is 0.135 e. The summed E-state index contributed by atoms with van der Waals surface area (Å²) in [5, 5.41) is 0. The molecular formula is C30H26O. The Bertz CT molecular complexity index is 1340. The largest absolute Gasteiger partial charge is 0.456 e. The molecule has 0 aromatic heterocycles. The number of ether oxygens (including phenoxy) is 1. The summed E-state index contributed by atoms with van der Waals surface area (Å²) in [4.78, 5) is 0. The highest BCUT2D eigenvalue weighted by Crippen LogP contribution is 2.49. The monoisotopic (exact) mass is 402 g/mol. The number of hydrogen-bond acceptors (Lipinski definition) is 1. The first-order chi connectivity index (χ1) is 15.0. The zero-order valence-electron chi connectivity index (χ0n) is 18.3. The quantitative estimate of drug-likeness (QED) is 0.286. The molecule has 0 N–H and O–H groups in total. The maximum atomic E-state index is 6.88. The highest BCUT2D eigenvalue weighted by Gasteiger charge is 2.30. The summed E-state index contributed by atoms with van der Waals surface area (Å²) in [7, 11) is 0. The minimum Gasteiger partial charge on any atom is -0.456 e. The van der Waals surface area contributed by atoms with Crippen molar-refractivity contribution in [1.29, 1.82) is 0 Å². The second kappa shape index (κ2) is 6.59. The molecule has 0 unspecified atom stereocenters. The molecule has 0 saturated heterocycles. The average molecular weight is 403 g/mol. The van der Waals surface area contributed by atoms with Crippen molar-refractivity contribution < 1.29 is 4.74 Å². The van der Waals surface area contributed by atoms with Crippen molar-refractivity contribution in [1.82, 2.24) is 0 Å². The molecule has 4 aromatic rings. The van der Waals surface area contributed by atoms with Gasteiger partial charge in [0.15, 0.2) is 0 Å². The zero-order chi connectivity index (χ0) is 21.2. The second-order valence-corrected chi connectivity index (χ2v) is 9.77. The van der Waals surface area contributed by atoms with E-state index in [9.17, 15) is 0 Å². The molecule has 6 rings (SSSR count). The van der Waals surface area contributed by atoms with Gasteiger partial charge in [0.1, 0.15) is 11.5 Å². The Labute approximate surface area is 184 Å². The molecule has 0 aliphatic heterocycles. The van der Waals surface area contributed by atoms with Gasteiger partial charge in [0.2, 0.25) is 0 Å². The number of rotatable bonds is 2. The van der Waals surface area contributed by atoms with Crippen LogP contribution in [0.25, 0.3) is 22.3 Å². The summed E-state index contributed by atoms with van der Waals surface area (Å²) < 4.78 is 6.88. The van der Waals surface area contributed by atoms with Crippen molar-refractivity contribution in [3.63, 3.8) is 0 Å². The molecule has 152 valence electrons. The van der Waals surface area contributed by atoms with Gasteiger partial charge in [0, 0.05) is 29.5 Å². The highest BCUT2D eigenvalue weighted by molar-refractivity contribution is 5.82. The lowest BCUT2D eigenvalue weighted by atomic mass is 9.84. The average Bonchev–Trinajstić information content (AvgIpc) is 3.32. The van der Waals surface area contributed by atoms with E-state index in [1.165, 1.54) is 50.1 Å². The Hall–Kier alpha value is -3.32. The van der Waals surface area contributed by atoms with Gasteiger partial charge in [-0.2, -0.15) is 0 Å². The lowest BCUT2D eigenvalue weighted by Crippen LogP contribution is -2.14. The van der Waals surface area contributed by atoms with Gasteiger partial charge in [0.25, 0.3) is 0 Å². The summed E-state index contributed by atoms with van der Waals surface area (Å²) in [5.74, 6) is 2.04. The van der Waals surface area contributed by atoms with Crippen LogP contribution in [0.3, 0.4) is 0 Å². The first-order valence-electron chi connectivity index (χ1n) is 11.1. The lowest BCUT2D eigenvalue weighted by Gasteiger charge is -2.25. The molecule has 0 amide bonds. The second-order valence-electron chi connectivity index (χ2n) is 9.77. The van der Waals surface area contributed by atoms with Gasteiger partial charge < -0.3 is 4.74 Å². The molecule has 0 saturated carbocycles. The molecule has 1 heteroatoms. The Morgan fingerprint density at radius 2 is 1.16 bits per heavy atom. The van der Waals surface area contributed by atoms with Gasteiger partial charge >= 0.3 is 0 Å². The van der Waals surface area contributed by atoms with Gasteiger partial charge in [-0.1, -0.05) is 93.6 Å². The molecule has 0 fully saturated rings. The van der Waals surface area contributed by atoms with Gasteiger partial charge in [-0.3, -0.25) is 0 Å². The molecule has 0 atom stereocenters. The van der Waals surface area contributed by atoms with E-state index < -0.39 is 0 Å². The van der Waals surface area contributed by atoms with Crippen LogP contribution in [0.5, 0.6) is 11.5 Å². The van der Waals surface area contributed by atoms with Crippen molar-refractivity contribution in [2.45, 2.75) is 39.0 Å². The Morgan fingerprint density at radius 3 is 1.84 bits per heavy atom. The normalized spacial score (nSPS) is 13.4. The van der Waals surface area contributed by atoms with Crippen LogP contribution in [0.4, 0.5) is 0 Å². The third kappa shape index (κ3) is 2.84. The van der Waals surface area contributed by atoms with E-state index in [1.807, 2.05) is 0 Å². The first kappa shape index (κ1) is 18.4. The fourth-order valence-corrected chi connectivity index (χ4v) is 5.22. The summed E-state index contributed by atoms with van der Waals surface area (Å²) in [6.07, 6.45) is 1.86. The first-order valence-corrected chi connectivity index (χ1v) is 11.1. The number of hydrogen-bond donors (Lipinski definition) is 0. The molecule has 4 aromatic carbocycles. The van der Waals surface area contributed by atoms with Crippen LogP contribution >= 0.6 is 0 Å². The van der Waals surface area contributed by atoms with Crippen LogP contribution in [0.2, 0.25) is 0 Å². The van der Waals surface area contributed by atoms with E-state index in [1.54, 1.807) is 0 Å². The van der Waals surface area contributed by atoms with Crippen LogP contribution in [0.15, 0.2) is 78.9 Å². The number of benzene rings is 4. The molecule has 2 aliphatic carbocycles.